The monoisotopic (exact) mass is 211 g/mol. The molecule has 2 fully saturated rings. The van der Waals surface area contributed by atoms with Gasteiger partial charge < -0.3 is 4.74 Å². The highest BCUT2D eigenvalue weighted by atomic mass is 16.5. The standard InChI is InChI=1S/C11H17NO3/c1-3-15-8-4-11(5-8)6-9(13)12-10(14)7(11)2/h7-8H,3-6H2,1-2H3,(H,12,13,14). The van der Waals surface area contributed by atoms with Gasteiger partial charge >= 0.3 is 0 Å². The maximum atomic E-state index is 11.5. The maximum Gasteiger partial charge on any atom is 0.229 e. The summed E-state index contributed by atoms with van der Waals surface area (Å²) in [6.45, 7) is 4.58. The minimum Gasteiger partial charge on any atom is -0.378 e. The van der Waals surface area contributed by atoms with Crippen molar-refractivity contribution in [3.05, 3.63) is 0 Å². The van der Waals surface area contributed by atoms with E-state index in [1.165, 1.54) is 0 Å². The molecule has 1 aliphatic heterocycles. The molecule has 2 rings (SSSR count). The Morgan fingerprint density at radius 3 is 2.73 bits per heavy atom. The van der Waals surface area contributed by atoms with Crippen molar-refractivity contribution in [2.24, 2.45) is 11.3 Å². The molecule has 1 heterocycles. The van der Waals surface area contributed by atoms with Crippen LogP contribution in [0.3, 0.4) is 0 Å². The van der Waals surface area contributed by atoms with Crippen LogP contribution >= 0.6 is 0 Å². The van der Waals surface area contributed by atoms with Crippen LogP contribution in [0.5, 0.6) is 0 Å². The number of hydrogen-bond acceptors (Lipinski definition) is 3. The molecule has 1 spiro atoms. The van der Waals surface area contributed by atoms with Gasteiger partial charge in [0.25, 0.3) is 0 Å². The summed E-state index contributed by atoms with van der Waals surface area (Å²) in [4.78, 5) is 22.8. The predicted molar refractivity (Wildman–Crippen MR) is 54.0 cm³/mol. The number of imide groups is 1. The molecule has 15 heavy (non-hydrogen) atoms. The quantitative estimate of drug-likeness (QED) is 0.689. The number of rotatable bonds is 2. The van der Waals surface area contributed by atoms with Crippen LogP contribution < -0.4 is 5.32 Å². The topological polar surface area (TPSA) is 55.4 Å². The van der Waals surface area contributed by atoms with Gasteiger partial charge in [-0.3, -0.25) is 14.9 Å². The van der Waals surface area contributed by atoms with Crippen LogP contribution in [0, 0.1) is 11.3 Å². The van der Waals surface area contributed by atoms with Gasteiger partial charge in [-0.2, -0.15) is 0 Å². The molecule has 4 heteroatoms. The average Bonchev–Trinajstić information content (AvgIpc) is 2.11. The Labute approximate surface area is 89.4 Å². The van der Waals surface area contributed by atoms with Crippen molar-refractivity contribution in [2.75, 3.05) is 6.61 Å². The van der Waals surface area contributed by atoms with Crippen molar-refractivity contribution < 1.29 is 14.3 Å². The molecule has 1 atom stereocenters. The third-order valence-electron chi connectivity index (χ3n) is 3.76. The Balaban J connectivity index is 2.03. The first-order valence-corrected chi connectivity index (χ1v) is 5.53. The second-order valence-corrected chi connectivity index (χ2v) is 4.66. The summed E-state index contributed by atoms with van der Waals surface area (Å²) in [5, 5.41) is 2.38. The lowest BCUT2D eigenvalue weighted by molar-refractivity contribution is -0.159. The molecule has 1 aliphatic carbocycles. The second kappa shape index (κ2) is 3.59. The smallest absolute Gasteiger partial charge is 0.229 e. The van der Waals surface area contributed by atoms with E-state index in [0.717, 1.165) is 12.8 Å². The van der Waals surface area contributed by atoms with E-state index >= 15 is 0 Å². The van der Waals surface area contributed by atoms with Crippen LogP contribution in [0.1, 0.15) is 33.1 Å². The number of piperidine rings is 1. The first kappa shape index (κ1) is 10.6. The molecule has 0 aromatic rings. The number of hydrogen-bond donors (Lipinski definition) is 1. The van der Waals surface area contributed by atoms with Gasteiger partial charge in [0.1, 0.15) is 0 Å². The Morgan fingerprint density at radius 2 is 2.13 bits per heavy atom. The molecule has 2 amide bonds. The van der Waals surface area contributed by atoms with Crippen molar-refractivity contribution in [1.82, 2.24) is 5.32 Å². The van der Waals surface area contributed by atoms with Gasteiger partial charge in [-0.15, -0.1) is 0 Å². The summed E-state index contributed by atoms with van der Waals surface area (Å²) in [5.74, 6) is -0.318. The molecular weight excluding hydrogens is 194 g/mol. The Morgan fingerprint density at radius 1 is 1.47 bits per heavy atom. The predicted octanol–water partition coefficient (Wildman–Crippen LogP) is 0.854. The van der Waals surface area contributed by atoms with Crippen LogP contribution in [0.15, 0.2) is 0 Å². The molecule has 1 saturated carbocycles. The Kier molecular flexibility index (Phi) is 2.54. The van der Waals surface area contributed by atoms with Crippen LogP contribution in [0.2, 0.25) is 0 Å². The number of ether oxygens (including phenoxy) is 1. The summed E-state index contributed by atoms with van der Waals surface area (Å²) < 4.78 is 5.48. The van der Waals surface area contributed by atoms with Gasteiger partial charge in [-0.05, 0) is 25.2 Å². The molecule has 2 aliphatic rings. The van der Waals surface area contributed by atoms with E-state index in [1.54, 1.807) is 0 Å². The average molecular weight is 211 g/mol. The second-order valence-electron chi connectivity index (χ2n) is 4.66. The third-order valence-corrected chi connectivity index (χ3v) is 3.76. The lowest BCUT2D eigenvalue weighted by Crippen LogP contribution is -2.58. The summed E-state index contributed by atoms with van der Waals surface area (Å²) in [5.41, 5.74) is -0.112. The van der Waals surface area contributed by atoms with Crippen molar-refractivity contribution >= 4 is 11.8 Å². The largest absolute Gasteiger partial charge is 0.378 e. The summed E-state index contributed by atoms with van der Waals surface area (Å²) in [6.07, 6.45) is 2.42. The minimum atomic E-state index is -0.131. The normalized spacial score (nSPS) is 40.1. The lowest BCUT2D eigenvalue weighted by atomic mass is 9.56. The first-order valence-electron chi connectivity index (χ1n) is 5.53. The summed E-state index contributed by atoms with van der Waals surface area (Å²) in [6, 6.07) is 0. The van der Waals surface area contributed by atoms with Gasteiger partial charge in [-0.25, -0.2) is 0 Å². The van der Waals surface area contributed by atoms with Crippen LogP contribution in [-0.4, -0.2) is 24.5 Å². The van der Waals surface area contributed by atoms with Gasteiger partial charge in [-0.1, -0.05) is 6.92 Å². The fourth-order valence-electron chi connectivity index (χ4n) is 2.74. The lowest BCUT2D eigenvalue weighted by Gasteiger charge is -2.52. The fourth-order valence-corrected chi connectivity index (χ4v) is 2.74. The van der Waals surface area contributed by atoms with Gasteiger partial charge in [0.2, 0.25) is 11.8 Å². The van der Waals surface area contributed by atoms with Crippen molar-refractivity contribution in [3.63, 3.8) is 0 Å². The molecular formula is C11H17NO3. The molecule has 4 nitrogen and oxygen atoms in total. The van der Waals surface area contributed by atoms with E-state index in [4.69, 9.17) is 4.74 Å². The summed E-state index contributed by atoms with van der Waals surface area (Å²) in [7, 11) is 0. The van der Waals surface area contributed by atoms with E-state index in [-0.39, 0.29) is 29.3 Å². The van der Waals surface area contributed by atoms with Gasteiger partial charge in [0.05, 0.1) is 6.10 Å². The molecule has 84 valence electrons. The zero-order valence-corrected chi connectivity index (χ0v) is 9.21. The fraction of sp³-hybridized carbons (Fsp3) is 0.818. The van der Waals surface area contributed by atoms with E-state index in [1.807, 2.05) is 13.8 Å². The highest BCUT2D eigenvalue weighted by Crippen LogP contribution is 2.52. The zero-order valence-electron chi connectivity index (χ0n) is 9.21. The highest BCUT2D eigenvalue weighted by molar-refractivity contribution is 5.99. The molecule has 1 saturated heterocycles. The van der Waals surface area contributed by atoms with E-state index in [0.29, 0.717) is 13.0 Å². The molecule has 1 unspecified atom stereocenters. The van der Waals surface area contributed by atoms with Gasteiger partial charge in [0.15, 0.2) is 0 Å². The molecule has 0 radical (unpaired) electrons. The number of carbonyl (C=O) groups excluding carboxylic acids is 2. The number of amides is 2. The Hall–Kier alpha value is -0.900. The number of nitrogens with one attached hydrogen (secondary N) is 1. The highest BCUT2D eigenvalue weighted by Gasteiger charge is 2.54. The SMILES string of the molecule is CCOC1CC2(CC(=O)NC(=O)C2C)C1. The van der Waals surface area contributed by atoms with Crippen molar-refractivity contribution in [3.8, 4) is 0 Å². The van der Waals surface area contributed by atoms with Crippen LogP contribution in [0.4, 0.5) is 0 Å². The molecule has 0 bridgehead atoms. The number of carbonyl (C=O) groups is 2. The summed E-state index contributed by atoms with van der Waals surface area (Å²) >= 11 is 0. The van der Waals surface area contributed by atoms with Crippen molar-refractivity contribution in [1.29, 1.82) is 0 Å². The molecule has 1 N–H and O–H groups in total. The molecule has 0 aromatic carbocycles. The van der Waals surface area contributed by atoms with E-state index < -0.39 is 0 Å². The maximum absolute atomic E-state index is 11.5. The van der Waals surface area contributed by atoms with E-state index in [9.17, 15) is 9.59 Å². The third kappa shape index (κ3) is 1.67. The van der Waals surface area contributed by atoms with Crippen LogP contribution in [0.25, 0.3) is 0 Å². The van der Waals surface area contributed by atoms with Crippen LogP contribution in [-0.2, 0) is 14.3 Å². The van der Waals surface area contributed by atoms with Crippen molar-refractivity contribution in [2.45, 2.75) is 39.2 Å². The van der Waals surface area contributed by atoms with Gasteiger partial charge in [0, 0.05) is 18.9 Å². The Bertz CT molecular complexity index is 294. The zero-order chi connectivity index (χ0) is 11.1. The van der Waals surface area contributed by atoms with E-state index in [2.05, 4.69) is 5.32 Å². The molecule has 0 aromatic heterocycles. The first-order chi connectivity index (χ1) is 7.07. The minimum absolute atomic E-state index is 0.0630.